The zero-order chi connectivity index (χ0) is 13.3. The molecule has 0 amide bonds. The van der Waals surface area contributed by atoms with Gasteiger partial charge in [0.25, 0.3) is 5.56 Å². The minimum absolute atomic E-state index is 0.0259. The van der Waals surface area contributed by atoms with Crippen molar-refractivity contribution in [1.82, 2.24) is 9.55 Å². The summed E-state index contributed by atoms with van der Waals surface area (Å²) in [6.07, 6.45) is 0. The van der Waals surface area contributed by atoms with E-state index in [1.165, 1.54) is 11.3 Å². The first kappa shape index (κ1) is 12.8. The van der Waals surface area contributed by atoms with Gasteiger partial charge in [0.05, 0.1) is 11.3 Å². The molecule has 0 radical (unpaired) electrons. The predicted molar refractivity (Wildman–Crippen MR) is 76.5 cm³/mol. The maximum Gasteiger partial charge on any atom is 0.260 e. The minimum Gasteiger partial charge on any atom is -0.365 e. The fourth-order valence-electron chi connectivity index (χ4n) is 1.99. The molecule has 0 aliphatic carbocycles. The fraction of sp³-hybridized carbons (Fsp3) is 0.385. The summed E-state index contributed by atoms with van der Waals surface area (Å²) in [4.78, 5) is 16.8. The number of nitrogens with one attached hydrogen (secondary N) is 1. The highest BCUT2D eigenvalue weighted by atomic mass is 32.1. The Kier molecular flexibility index (Phi) is 3.52. The lowest BCUT2D eigenvalue weighted by atomic mass is 10.2. The summed E-state index contributed by atoms with van der Waals surface area (Å²) in [7, 11) is 1.82. The van der Waals surface area contributed by atoms with Crippen molar-refractivity contribution < 1.29 is 0 Å². The first-order chi connectivity index (χ1) is 8.54. The van der Waals surface area contributed by atoms with Crippen LogP contribution in [0.5, 0.6) is 0 Å². The molecular weight excluding hydrogens is 246 g/mol. The molecule has 0 atom stereocenters. The van der Waals surface area contributed by atoms with E-state index in [1.54, 1.807) is 4.57 Å². The normalized spacial score (nSPS) is 10.9. The topological polar surface area (TPSA) is 46.9 Å². The Hall–Kier alpha value is -1.62. The summed E-state index contributed by atoms with van der Waals surface area (Å²) in [5, 5.41) is 5.71. The minimum atomic E-state index is 0.0259. The maximum atomic E-state index is 12.4. The van der Waals surface area contributed by atoms with Gasteiger partial charge in [0.2, 0.25) is 0 Å². The van der Waals surface area contributed by atoms with E-state index in [0.717, 1.165) is 16.5 Å². The standard InChI is InChI=1S/C13H17N3OS/c1-8(2)16-9(3)5-6-10(12(16)17)11-7-18-13(14-4)15-11/h5-8H,1-4H3,(H,14,15). The highest BCUT2D eigenvalue weighted by Gasteiger charge is 2.12. The van der Waals surface area contributed by atoms with Crippen molar-refractivity contribution in [3.05, 3.63) is 33.6 Å². The van der Waals surface area contributed by atoms with E-state index < -0.39 is 0 Å². The molecule has 0 saturated carbocycles. The van der Waals surface area contributed by atoms with Gasteiger partial charge in [-0.25, -0.2) is 4.98 Å². The lowest BCUT2D eigenvalue weighted by Crippen LogP contribution is -2.25. The van der Waals surface area contributed by atoms with E-state index >= 15 is 0 Å². The highest BCUT2D eigenvalue weighted by Crippen LogP contribution is 2.22. The molecule has 2 rings (SSSR count). The summed E-state index contributed by atoms with van der Waals surface area (Å²) < 4.78 is 1.80. The molecular formula is C13H17N3OS. The molecule has 2 aromatic rings. The smallest absolute Gasteiger partial charge is 0.260 e. The Labute approximate surface area is 110 Å². The largest absolute Gasteiger partial charge is 0.365 e. The Morgan fingerprint density at radius 3 is 2.67 bits per heavy atom. The zero-order valence-corrected chi connectivity index (χ0v) is 11.8. The summed E-state index contributed by atoms with van der Waals surface area (Å²) in [5.41, 5.74) is 2.40. The molecule has 96 valence electrons. The number of aryl methyl sites for hydroxylation is 1. The van der Waals surface area contributed by atoms with Gasteiger partial charge in [-0.15, -0.1) is 11.3 Å². The van der Waals surface area contributed by atoms with Crippen molar-refractivity contribution >= 4 is 16.5 Å². The first-order valence-electron chi connectivity index (χ1n) is 5.90. The van der Waals surface area contributed by atoms with Crippen LogP contribution in [-0.2, 0) is 0 Å². The average Bonchev–Trinajstić information content (AvgIpc) is 2.77. The highest BCUT2D eigenvalue weighted by molar-refractivity contribution is 7.14. The third-order valence-electron chi connectivity index (χ3n) is 2.83. The molecule has 5 heteroatoms. The molecule has 0 aromatic carbocycles. The lowest BCUT2D eigenvalue weighted by molar-refractivity contribution is 0.564. The van der Waals surface area contributed by atoms with Crippen molar-refractivity contribution in [3.63, 3.8) is 0 Å². The Bertz CT molecular complexity index is 613. The van der Waals surface area contributed by atoms with Crippen LogP contribution in [-0.4, -0.2) is 16.6 Å². The van der Waals surface area contributed by atoms with Crippen molar-refractivity contribution in [2.45, 2.75) is 26.8 Å². The fourth-order valence-corrected chi connectivity index (χ4v) is 2.67. The molecule has 4 nitrogen and oxygen atoms in total. The summed E-state index contributed by atoms with van der Waals surface area (Å²) in [5.74, 6) is 0. The molecule has 0 unspecified atom stereocenters. The molecule has 0 fully saturated rings. The van der Waals surface area contributed by atoms with Gasteiger partial charge in [0.15, 0.2) is 5.13 Å². The lowest BCUT2D eigenvalue weighted by Gasteiger charge is -2.14. The number of hydrogen-bond donors (Lipinski definition) is 1. The van der Waals surface area contributed by atoms with Gasteiger partial charge in [-0.05, 0) is 32.9 Å². The number of thiazole rings is 1. The monoisotopic (exact) mass is 263 g/mol. The molecule has 0 aliphatic rings. The molecule has 18 heavy (non-hydrogen) atoms. The number of nitrogens with zero attached hydrogens (tertiary/aromatic N) is 2. The van der Waals surface area contributed by atoms with Gasteiger partial charge in [0, 0.05) is 24.2 Å². The molecule has 2 aromatic heterocycles. The van der Waals surface area contributed by atoms with Gasteiger partial charge in [0.1, 0.15) is 0 Å². The predicted octanol–water partition coefficient (Wildman–Crippen LogP) is 2.90. The van der Waals surface area contributed by atoms with Crippen LogP contribution >= 0.6 is 11.3 Å². The van der Waals surface area contributed by atoms with Crippen LogP contribution in [0.2, 0.25) is 0 Å². The number of anilines is 1. The molecule has 2 heterocycles. The Morgan fingerprint density at radius 1 is 1.39 bits per heavy atom. The quantitative estimate of drug-likeness (QED) is 0.926. The molecule has 0 bridgehead atoms. The van der Waals surface area contributed by atoms with Crippen LogP contribution in [0.3, 0.4) is 0 Å². The number of rotatable bonds is 3. The maximum absolute atomic E-state index is 12.4. The number of hydrogen-bond acceptors (Lipinski definition) is 4. The van der Waals surface area contributed by atoms with Crippen LogP contribution in [0.15, 0.2) is 22.3 Å². The van der Waals surface area contributed by atoms with Gasteiger partial charge in [-0.1, -0.05) is 0 Å². The number of pyridine rings is 1. The van der Waals surface area contributed by atoms with Crippen LogP contribution < -0.4 is 10.9 Å². The van der Waals surface area contributed by atoms with E-state index in [2.05, 4.69) is 10.3 Å². The van der Waals surface area contributed by atoms with E-state index in [9.17, 15) is 4.79 Å². The second kappa shape index (κ2) is 4.94. The molecule has 0 spiro atoms. The average molecular weight is 263 g/mol. The van der Waals surface area contributed by atoms with Crippen molar-refractivity contribution in [3.8, 4) is 11.3 Å². The van der Waals surface area contributed by atoms with E-state index in [0.29, 0.717) is 5.56 Å². The van der Waals surface area contributed by atoms with Gasteiger partial charge in [-0.3, -0.25) is 4.79 Å². The van der Waals surface area contributed by atoms with Crippen LogP contribution in [0.4, 0.5) is 5.13 Å². The van der Waals surface area contributed by atoms with Crippen molar-refractivity contribution in [2.24, 2.45) is 0 Å². The van der Waals surface area contributed by atoms with E-state index in [4.69, 9.17) is 0 Å². The van der Waals surface area contributed by atoms with Gasteiger partial charge in [-0.2, -0.15) is 0 Å². The Morgan fingerprint density at radius 2 is 2.11 bits per heavy atom. The summed E-state index contributed by atoms with van der Waals surface area (Å²) in [6, 6.07) is 3.97. The second-order valence-electron chi connectivity index (χ2n) is 4.45. The SMILES string of the molecule is CNc1nc(-c2ccc(C)n(C(C)C)c2=O)cs1. The number of aromatic nitrogens is 2. The zero-order valence-electron chi connectivity index (χ0n) is 11.0. The second-order valence-corrected chi connectivity index (χ2v) is 5.30. The summed E-state index contributed by atoms with van der Waals surface area (Å²) in [6.45, 7) is 5.97. The molecule has 1 N–H and O–H groups in total. The van der Waals surface area contributed by atoms with Crippen molar-refractivity contribution in [1.29, 1.82) is 0 Å². The third-order valence-corrected chi connectivity index (χ3v) is 3.69. The molecule has 0 saturated heterocycles. The van der Waals surface area contributed by atoms with Gasteiger partial charge < -0.3 is 9.88 Å². The van der Waals surface area contributed by atoms with Crippen molar-refractivity contribution in [2.75, 3.05) is 12.4 Å². The van der Waals surface area contributed by atoms with E-state index in [-0.39, 0.29) is 11.6 Å². The van der Waals surface area contributed by atoms with Crippen LogP contribution in [0.1, 0.15) is 25.6 Å². The molecule has 0 aliphatic heterocycles. The van der Waals surface area contributed by atoms with Gasteiger partial charge >= 0.3 is 0 Å². The summed E-state index contributed by atoms with van der Waals surface area (Å²) >= 11 is 1.50. The first-order valence-corrected chi connectivity index (χ1v) is 6.78. The van der Waals surface area contributed by atoms with Crippen LogP contribution in [0, 0.1) is 6.92 Å². The Balaban J connectivity index is 2.59. The van der Waals surface area contributed by atoms with Crippen LogP contribution in [0.25, 0.3) is 11.3 Å². The third kappa shape index (κ3) is 2.18. The van der Waals surface area contributed by atoms with E-state index in [1.807, 2.05) is 45.3 Å².